The van der Waals surface area contributed by atoms with E-state index in [1.54, 1.807) is 6.08 Å². The number of rotatable bonds is 39. The van der Waals surface area contributed by atoms with E-state index in [2.05, 4.69) is 117 Å². The number of allylic oxidation sites excluding steroid dienone is 19. The largest absolute Gasteiger partial charge is 0.472 e. The number of aliphatic hydroxyl groups is 2. The van der Waals surface area contributed by atoms with Crippen LogP contribution in [0.5, 0.6) is 0 Å². The van der Waals surface area contributed by atoms with E-state index in [-0.39, 0.29) is 13.0 Å². The Bertz CT molecular complexity index is 1310. The zero-order valence-corrected chi connectivity index (χ0v) is 36.6. The molecule has 0 amide bonds. The molecule has 0 saturated heterocycles. The standard InChI is InChI=1S/C48H77O9P/c1-3-5-7-9-11-13-15-17-19-20-21-22-23-24-25-27-29-31-33-35-37-39-41-54-44-47(45-56-58(52,53)55-43-46(50)42-49)57-48(51)40-38-36-34-32-30-28-26-18-16-14-12-10-8-6-4-2/h5-8,11-14,17-19,21-22,24-26,30,32,36,38,46-47,49-50H,3-4,9-10,15-16,20,23,27-29,31,33-35,37,39-45H2,1-2H3,(H,52,53)/b7-5-,8-6-,13-11-,14-12-,19-17-,22-21-,25-24-,26-18-,32-30-,38-36-. The summed E-state index contributed by atoms with van der Waals surface area (Å²) in [6.07, 6.45) is 57.6. The Kier molecular flexibility index (Phi) is 41.1. The third kappa shape index (κ3) is 42.5. The van der Waals surface area contributed by atoms with Crippen LogP contribution in [0.2, 0.25) is 0 Å². The Morgan fingerprint density at radius 3 is 1.40 bits per heavy atom. The lowest BCUT2D eigenvalue weighted by atomic mass is 10.1. The van der Waals surface area contributed by atoms with Gasteiger partial charge in [-0.2, -0.15) is 0 Å². The van der Waals surface area contributed by atoms with Crippen molar-refractivity contribution >= 4 is 13.8 Å². The van der Waals surface area contributed by atoms with Gasteiger partial charge in [-0.25, -0.2) is 4.57 Å². The molecule has 9 nitrogen and oxygen atoms in total. The second kappa shape index (κ2) is 43.4. The molecular formula is C48H77O9P. The van der Waals surface area contributed by atoms with E-state index in [0.717, 1.165) is 89.9 Å². The van der Waals surface area contributed by atoms with E-state index in [1.807, 2.05) is 12.2 Å². The molecule has 0 rings (SSSR count). The first-order chi connectivity index (χ1) is 28.3. The van der Waals surface area contributed by atoms with Crippen LogP contribution < -0.4 is 0 Å². The van der Waals surface area contributed by atoms with Gasteiger partial charge < -0.3 is 24.6 Å². The van der Waals surface area contributed by atoms with Crippen molar-refractivity contribution in [1.29, 1.82) is 0 Å². The number of carbonyl (C=O) groups is 1. The Labute approximate surface area is 352 Å². The van der Waals surface area contributed by atoms with Crippen LogP contribution in [0.1, 0.15) is 129 Å². The van der Waals surface area contributed by atoms with E-state index in [4.69, 9.17) is 23.6 Å². The van der Waals surface area contributed by atoms with E-state index in [0.29, 0.717) is 13.0 Å². The van der Waals surface area contributed by atoms with Crippen molar-refractivity contribution in [3.05, 3.63) is 122 Å². The number of aliphatic hydroxyl groups excluding tert-OH is 2. The number of phosphoric acid groups is 1. The van der Waals surface area contributed by atoms with Crippen LogP contribution in [0.4, 0.5) is 0 Å². The smallest absolute Gasteiger partial charge is 0.457 e. The summed E-state index contributed by atoms with van der Waals surface area (Å²) in [4.78, 5) is 22.5. The molecular weight excluding hydrogens is 751 g/mol. The van der Waals surface area contributed by atoms with Crippen LogP contribution >= 0.6 is 7.82 Å². The number of unbranched alkanes of at least 4 members (excludes halogenated alkanes) is 6. The SMILES string of the molecule is CC/C=C\C/C=C\C/C=C\C/C=C\C/C=C\CCCCCCCCOCC(COP(=O)(O)OCC(O)CO)OC(=O)C/C=C\C/C=C\C/C=C\C/C=C\C/C=C\CC. The molecule has 0 aliphatic rings. The van der Waals surface area contributed by atoms with Gasteiger partial charge in [0.25, 0.3) is 0 Å². The van der Waals surface area contributed by atoms with Crippen LogP contribution in [-0.4, -0.2) is 66.3 Å². The van der Waals surface area contributed by atoms with Gasteiger partial charge in [-0.1, -0.05) is 161 Å². The molecule has 0 aliphatic carbocycles. The van der Waals surface area contributed by atoms with Gasteiger partial charge in [0, 0.05) is 6.61 Å². The summed E-state index contributed by atoms with van der Waals surface area (Å²) < 4.78 is 33.2. The van der Waals surface area contributed by atoms with Gasteiger partial charge in [0.2, 0.25) is 0 Å². The zero-order valence-electron chi connectivity index (χ0n) is 35.7. The van der Waals surface area contributed by atoms with Crippen LogP contribution in [0, 0.1) is 0 Å². The van der Waals surface area contributed by atoms with Crippen LogP contribution in [0.3, 0.4) is 0 Å². The molecule has 3 unspecified atom stereocenters. The lowest BCUT2D eigenvalue weighted by Gasteiger charge is -2.20. The number of carbonyl (C=O) groups excluding carboxylic acids is 1. The quantitative estimate of drug-likeness (QED) is 0.0240. The molecule has 328 valence electrons. The Balaban J connectivity index is 4.33. The number of hydrogen-bond acceptors (Lipinski definition) is 8. The fourth-order valence-electron chi connectivity index (χ4n) is 4.98. The lowest BCUT2D eigenvalue weighted by molar-refractivity contribution is -0.153. The predicted molar refractivity (Wildman–Crippen MR) is 241 cm³/mol. The summed E-state index contributed by atoms with van der Waals surface area (Å²) in [5.74, 6) is -0.521. The molecule has 0 spiro atoms. The predicted octanol–water partition coefficient (Wildman–Crippen LogP) is 12.0. The van der Waals surface area contributed by atoms with Crippen molar-refractivity contribution in [2.75, 3.05) is 33.0 Å². The van der Waals surface area contributed by atoms with Gasteiger partial charge in [0.15, 0.2) is 0 Å². The van der Waals surface area contributed by atoms with Gasteiger partial charge in [0.05, 0.1) is 32.8 Å². The molecule has 10 heteroatoms. The van der Waals surface area contributed by atoms with E-state index < -0.39 is 45.8 Å². The van der Waals surface area contributed by atoms with Crippen molar-refractivity contribution < 1.29 is 43.0 Å². The second-order valence-corrected chi connectivity index (χ2v) is 15.1. The first-order valence-corrected chi connectivity index (χ1v) is 23.0. The normalized spacial score (nSPS) is 15.2. The molecule has 0 bridgehead atoms. The fraction of sp³-hybridized carbons (Fsp3) is 0.562. The molecule has 0 heterocycles. The minimum Gasteiger partial charge on any atom is -0.457 e. The molecule has 58 heavy (non-hydrogen) atoms. The summed E-state index contributed by atoms with van der Waals surface area (Å²) in [5, 5.41) is 18.3. The fourth-order valence-corrected chi connectivity index (χ4v) is 5.77. The van der Waals surface area contributed by atoms with Crippen molar-refractivity contribution in [2.24, 2.45) is 0 Å². The summed E-state index contributed by atoms with van der Waals surface area (Å²) in [5.41, 5.74) is 0. The summed E-state index contributed by atoms with van der Waals surface area (Å²) in [7, 11) is -4.56. The van der Waals surface area contributed by atoms with E-state index >= 15 is 0 Å². The topological polar surface area (TPSA) is 132 Å². The highest BCUT2D eigenvalue weighted by Crippen LogP contribution is 2.43. The van der Waals surface area contributed by atoms with Crippen LogP contribution in [0.15, 0.2) is 122 Å². The molecule has 0 aromatic heterocycles. The maximum absolute atomic E-state index is 12.5. The molecule has 0 aromatic rings. The van der Waals surface area contributed by atoms with Crippen molar-refractivity contribution in [2.45, 2.75) is 142 Å². The number of phosphoric ester groups is 1. The van der Waals surface area contributed by atoms with E-state index in [9.17, 15) is 19.4 Å². The van der Waals surface area contributed by atoms with Crippen LogP contribution in [0.25, 0.3) is 0 Å². The van der Waals surface area contributed by atoms with Crippen molar-refractivity contribution in [1.82, 2.24) is 0 Å². The third-order valence-corrected chi connectivity index (χ3v) is 9.13. The lowest BCUT2D eigenvalue weighted by Crippen LogP contribution is -2.28. The molecule has 0 fully saturated rings. The first-order valence-electron chi connectivity index (χ1n) is 21.5. The molecule has 0 aromatic carbocycles. The average Bonchev–Trinajstić information content (AvgIpc) is 3.21. The Morgan fingerprint density at radius 1 is 0.534 bits per heavy atom. The number of ether oxygens (including phenoxy) is 2. The van der Waals surface area contributed by atoms with Gasteiger partial charge in [0.1, 0.15) is 12.2 Å². The Hall–Kier alpha value is -3.14. The van der Waals surface area contributed by atoms with Crippen LogP contribution in [-0.2, 0) is 27.9 Å². The highest BCUT2D eigenvalue weighted by Gasteiger charge is 2.26. The minimum absolute atomic E-state index is 0.0100. The minimum atomic E-state index is -4.56. The molecule has 3 N–H and O–H groups in total. The van der Waals surface area contributed by atoms with Crippen molar-refractivity contribution in [3.8, 4) is 0 Å². The zero-order chi connectivity index (χ0) is 42.5. The van der Waals surface area contributed by atoms with Gasteiger partial charge >= 0.3 is 13.8 Å². The summed E-state index contributed by atoms with van der Waals surface area (Å²) in [6, 6.07) is 0. The average molecular weight is 829 g/mol. The third-order valence-electron chi connectivity index (χ3n) is 8.18. The van der Waals surface area contributed by atoms with E-state index in [1.165, 1.54) is 12.8 Å². The van der Waals surface area contributed by atoms with Gasteiger partial charge in [-0.15, -0.1) is 0 Å². The summed E-state index contributed by atoms with van der Waals surface area (Å²) >= 11 is 0. The Morgan fingerprint density at radius 2 is 0.931 bits per heavy atom. The summed E-state index contributed by atoms with van der Waals surface area (Å²) in [6.45, 7) is 3.07. The van der Waals surface area contributed by atoms with Gasteiger partial charge in [-0.05, 0) is 83.5 Å². The highest BCUT2D eigenvalue weighted by atomic mass is 31.2. The molecule has 0 aliphatic heterocycles. The highest BCUT2D eigenvalue weighted by molar-refractivity contribution is 7.47. The second-order valence-electron chi connectivity index (χ2n) is 13.6. The number of hydrogen-bond donors (Lipinski definition) is 3. The molecule has 0 radical (unpaired) electrons. The first kappa shape index (κ1) is 54.9. The maximum atomic E-state index is 12.5. The monoisotopic (exact) mass is 829 g/mol. The van der Waals surface area contributed by atoms with Gasteiger partial charge in [-0.3, -0.25) is 13.8 Å². The van der Waals surface area contributed by atoms with Crippen molar-refractivity contribution in [3.63, 3.8) is 0 Å². The number of esters is 1. The molecule has 3 atom stereocenters. The molecule has 0 saturated carbocycles. The maximum Gasteiger partial charge on any atom is 0.472 e.